The van der Waals surface area contributed by atoms with E-state index in [4.69, 9.17) is 4.42 Å². The van der Waals surface area contributed by atoms with Gasteiger partial charge in [-0.3, -0.25) is 14.5 Å². The lowest BCUT2D eigenvalue weighted by Gasteiger charge is -2.42. The number of imide groups is 1. The van der Waals surface area contributed by atoms with E-state index in [0.29, 0.717) is 24.4 Å². The minimum Gasteiger partial charge on any atom is -0.467 e. The Hall–Kier alpha value is -3.55. The molecule has 1 saturated heterocycles. The summed E-state index contributed by atoms with van der Waals surface area (Å²) in [5.41, 5.74) is 1.50. The third-order valence-corrected chi connectivity index (χ3v) is 5.57. The number of benzene rings is 1. The number of hydrogen-bond donors (Lipinski definition) is 1. The van der Waals surface area contributed by atoms with Gasteiger partial charge in [0.15, 0.2) is 0 Å². The summed E-state index contributed by atoms with van der Waals surface area (Å²) in [5.74, 6) is -0.559. The average molecular weight is 408 g/mol. The highest BCUT2D eigenvalue weighted by molar-refractivity contribution is 6.02. The zero-order valence-electron chi connectivity index (χ0n) is 16.9. The summed E-state index contributed by atoms with van der Waals surface area (Å²) in [7, 11) is 3.10. The maximum absolute atomic E-state index is 13.0. The molecular weight excluding hydrogens is 384 g/mol. The van der Waals surface area contributed by atoms with Crippen LogP contribution in [0.25, 0.3) is 0 Å². The number of amides is 4. The smallest absolute Gasteiger partial charge is 0.327 e. The molecule has 2 unspecified atom stereocenters. The SMILES string of the molecule is CN1C(=O)C2C=C(C(=O)NCCc3ccccc3)N(Cc3ccco3)C2N(C)C1=O. The van der Waals surface area contributed by atoms with Crippen LogP contribution in [0.15, 0.2) is 64.9 Å². The quantitative estimate of drug-likeness (QED) is 0.788. The number of rotatable bonds is 6. The van der Waals surface area contributed by atoms with E-state index in [9.17, 15) is 14.4 Å². The molecule has 4 rings (SSSR count). The summed E-state index contributed by atoms with van der Waals surface area (Å²) in [6.45, 7) is 0.744. The van der Waals surface area contributed by atoms with Crippen molar-refractivity contribution in [3.8, 4) is 0 Å². The predicted molar refractivity (Wildman–Crippen MR) is 109 cm³/mol. The van der Waals surface area contributed by atoms with Crippen LogP contribution in [0.2, 0.25) is 0 Å². The first-order valence-corrected chi connectivity index (χ1v) is 9.84. The van der Waals surface area contributed by atoms with Gasteiger partial charge in [-0.2, -0.15) is 0 Å². The molecular formula is C22H24N4O4. The monoisotopic (exact) mass is 408 g/mol. The van der Waals surface area contributed by atoms with Crippen LogP contribution in [-0.4, -0.2) is 59.4 Å². The predicted octanol–water partition coefficient (Wildman–Crippen LogP) is 1.80. The molecule has 2 aliphatic rings. The Morgan fingerprint density at radius 2 is 1.87 bits per heavy atom. The zero-order chi connectivity index (χ0) is 21.3. The van der Waals surface area contributed by atoms with Crippen molar-refractivity contribution in [1.29, 1.82) is 0 Å². The molecule has 2 atom stereocenters. The summed E-state index contributed by atoms with van der Waals surface area (Å²) in [4.78, 5) is 42.6. The van der Waals surface area contributed by atoms with Gasteiger partial charge in [0, 0.05) is 20.6 Å². The van der Waals surface area contributed by atoms with Crippen LogP contribution in [0, 0.1) is 5.92 Å². The van der Waals surface area contributed by atoms with Gasteiger partial charge in [0.1, 0.15) is 17.6 Å². The van der Waals surface area contributed by atoms with E-state index in [0.717, 1.165) is 10.5 Å². The molecule has 2 aliphatic heterocycles. The highest BCUT2D eigenvalue weighted by atomic mass is 16.3. The summed E-state index contributed by atoms with van der Waals surface area (Å²) >= 11 is 0. The average Bonchev–Trinajstić information content (AvgIpc) is 3.40. The summed E-state index contributed by atoms with van der Waals surface area (Å²) in [5, 5.41) is 2.94. The highest BCUT2D eigenvalue weighted by Crippen LogP contribution is 2.35. The van der Waals surface area contributed by atoms with E-state index in [-0.39, 0.29) is 18.4 Å². The second-order valence-corrected chi connectivity index (χ2v) is 7.48. The van der Waals surface area contributed by atoms with Crippen LogP contribution in [0.5, 0.6) is 0 Å². The molecule has 1 aromatic heterocycles. The van der Waals surface area contributed by atoms with Gasteiger partial charge in [0.05, 0.1) is 18.7 Å². The van der Waals surface area contributed by atoms with Crippen LogP contribution in [-0.2, 0) is 22.6 Å². The van der Waals surface area contributed by atoms with E-state index >= 15 is 0 Å². The lowest BCUT2D eigenvalue weighted by atomic mass is 10.0. The van der Waals surface area contributed by atoms with Gasteiger partial charge >= 0.3 is 6.03 Å². The van der Waals surface area contributed by atoms with E-state index < -0.39 is 18.1 Å². The number of carbonyl (C=O) groups excluding carboxylic acids is 3. The summed E-state index contributed by atoms with van der Waals surface area (Å²) in [6.07, 6.45) is 3.35. The lowest BCUT2D eigenvalue weighted by Crippen LogP contribution is -2.61. The Kier molecular flexibility index (Phi) is 5.31. The van der Waals surface area contributed by atoms with Gasteiger partial charge < -0.3 is 19.5 Å². The number of furan rings is 1. The number of urea groups is 1. The number of hydrogen-bond acceptors (Lipinski definition) is 5. The van der Waals surface area contributed by atoms with Gasteiger partial charge in [0.25, 0.3) is 5.91 Å². The number of nitrogens with zero attached hydrogens (tertiary/aromatic N) is 3. The van der Waals surface area contributed by atoms with Crippen molar-refractivity contribution < 1.29 is 18.8 Å². The molecule has 0 radical (unpaired) electrons. The number of carbonyl (C=O) groups is 3. The Balaban J connectivity index is 1.54. The molecule has 1 aromatic carbocycles. The van der Waals surface area contributed by atoms with E-state index in [2.05, 4.69) is 5.32 Å². The largest absolute Gasteiger partial charge is 0.467 e. The molecule has 0 spiro atoms. The minimum absolute atomic E-state index is 0.275. The Labute approximate surface area is 174 Å². The van der Waals surface area contributed by atoms with Crippen molar-refractivity contribution in [2.24, 2.45) is 5.92 Å². The first-order valence-electron chi connectivity index (χ1n) is 9.84. The molecule has 0 saturated carbocycles. The maximum Gasteiger partial charge on any atom is 0.327 e. The number of nitrogens with one attached hydrogen (secondary N) is 1. The van der Waals surface area contributed by atoms with Gasteiger partial charge in [-0.05, 0) is 30.2 Å². The fourth-order valence-electron chi connectivity index (χ4n) is 4.02. The Morgan fingerprint density at radius 1 is 1.10 bits per heavy atom. The molecule has 8 nitrogen and oxygen atoms in total. The van der Waals surface area contributed by atoms with Crippen molar-refractivity contribution >= 4 is 17.8 Å². The maximum atomic E-state index is 13.0. The lowest BCUT2D eigenvalue weighted by molar-refractivity contribution is -0.137. The second-order valence-electron chi connectivity index (χ2n) is 7.48. The normalized spacial score (nSPS) is 21.0. The van der Waals surface area contributed by atoms with Crippen LogP contribution in [0.1, 0.15) is 11.3 Å². The summed E-state index contributed by atoms with van der Waals surface area (Å²) < 4.78 is 5.45. The molecule has 3 heterocycles. The van der Waals surface area contributed by atoms with Crippen LogP contribution in [0.3, 0.4) is 0 Å². The van der Waals surface area contributed by atoms with Crippen LogP contribution in [0.4, 0.5) is 4.79 Å². The Bertz CT molecular complexity index is 970. The molecule has 0 bridgehead atoms. The van der Waals surface area contributed by atoms with Gasteiger partial charge in [-0.25, -0.2) is 4.79 Å². The molecule has 30 heavy (non-hydrogen) atoms. The third kappa shape index (κ3) is 3.56. The summed E-state index contributed by atoms with van der Waals surface area (Å²) in [6, 6.07) is 13.1. The fourth-order valence-corrected chi connectivity index (χ4v) is 4.02. The van der Waals surface area contributed by atoms with Gasteiger partial charge in [0.2, 0.25) is 5.91 Å². The third-order valence-electron chi connectivity index (χ3n) is 5.57. The van der Waals surface area contributed by atoms with E-state index in [1.807, 2.05) is 30.3 Å². The minimum atomic E-state index is -0.609. The molecule has 4 amide bonds. The number of fused-ring (bicyclic) bond motifs is 1. The molecule has 1 N–H and O–H groups in total. The first-order chi connectivity index (χ1) is 14.5. The molecule has 2 aromatic rings. The standard InChI is InChI=1S/C22H24N4O4/c1-24-20-17(21(28)25(2)22(24)29)13-18(26(20)14-16-9-6-12-30-16)19(27)23-11-10-15-7-4-3-5-8-15/h3-9,12-13,17,20H,10-11,14H2,1-2H3,(H,23,27). The molecule has 156 valence electrons. The van der Waals surface area contributed by atoms with Crippen molar-refractivity contribution in [1.82, 2.24) is 20.0 Å². The fraction of sp³-hybridized carbons (Fsp3) is 0.318. The van der Waals surface area contributed by atoms with E-state index in [1.165, 1.54) is 11.9 Å². The van der Waals surface area contributed by atoms with E-state index in [1.54, 1.807) is 36.4 Å². The molecule has 1 fully saturated rings. The Morgan fingerprint density at radius 3 is 2.57 bits per heavy atom. The van der Waals surface area contributed by atoms with Crippen molar-refractivity contribution in [2.75, 3.05) is 20.6 Å². The first kappa shape index (κ1) is 19.8. The topological polar surface area (TPSA) is 86.1 Å². The molecule has 8 heteroatoms. The molecule has 0 aliphatic carbocycles. The van der Waals surface area contributed by atoms with Gasteiger partial charge in [-0.1, -0.05) is 30.3 Å². The van der Waals surface area contributed by atoms with Crippen molar-refractivity contribution in [2.45, 2.75) is 19.1 Å². The van der Waals surface area contributed by atoms with Crippen molar-refractivity contribution in [3.05, 3.63) is 71.8 Å². The zero-order valence-corrected chi connectivity index (χ0v) is 16.9. The second kappa shape index (κ2) is 8.06. The van der Waals surface area contributed by atoms with Crippen molar-refractivity contribution in [3.63, 3.8) is 0 Å². The van der Waals surface area contributed by atoms with Crippen LogP contribution >= 0.6 is 0 Å². The van der Waals surface area contributed by atoms with Gasteiger partial charge in [-0.15, -0.1) is 0 Å². The highest BCUT2D eigenvalue weighted by Gasteiger charge is 2.50. The van der Waals surface area contributed by atoms with Crippen LogP contribution < -0.4 is 5.32 Å².